The lowest BCUT2D eigenvalue weighted by atomic mass is 9.95. The number of hydrogen-bond acceptors (Lipinski definition) is 5. The van der Waals surface area contributed by atoms with Crippen LogP contribution in [0.5, 0.6) is 11.5 Å². The minimum Gasteiger partial charge on any atom is -0.507 e. The first-order valence-corrected chi connectivity index (χ1v) is 11.6. The van der Waals surface area contributed by atoms with E-state index in [1.165, 1.54) is 29.2 Å². The molecule has 3 aromatic carbocycles. The number of rotatable bonds is 7. The molecule has 1 aliphatic rings. The van der Waals surface area contributed by atoms with Gasteiger partial charge in [-0.1, -0.05) is 34.1 Å². The molecule has 0 radical (unpaired) electrons. The molecule has 0 aliphatic carbocycles. The fourth-order valence-corrected chi connectivity index (χ4v) is 4.42. The van der Waals surface area contributed by atoms with Crippen LogP contribution in [0.25, 0.3) is 5.76 Å². The second kappa shape index (κ2) is 10.3. The van der Waals surface area contributed by atoms with Crippen molar-refractivity contribution in [1.29, 1.82) is 0 Å². The van der Waals surface area contributed by atoms with E-state index in [1.54, 1.807) is 32.4 Å². The lowest BCUT2D eigenvalue weighted by Crippen LogP contribution is -2.31. The van der Waals surface area contributed by atoms with Crippen LogP contribution < -0.4 is 9.47 Å². The van der Waals surface area contributed by atoms with Crippen LogP contribution in [0.2, 0.25) is 0 Å². The third kappa shape index (κ3) is 4.93. The maximum atomic E-state index is 13.4. The van der Waals surface area contributed by atoms with Crippen LogP contribution in [-0.4, -0.2) is 42.5 Å². The van der Waals surface area contributed by atoms with Crippen molar-refractivity contribution in [2.24, 2.45) is 0 Å². The number of aliphatic hydroxyl groups excluding tert-OH is 1. The maximum Gasteiger partial charge on any atom is 0.295 e. The van der Waals surface area contributed by atoms with Crippen LogP contribution in [0.4, 0.5) is 4.39 Å². The third-order valence-corrected chi connectivity index (χ3v) is 6.46. The number of Topliss-reactive ketones (excluding diaryl/α,β-unsaturated/α-hetero) is 1. The zero-order chi connectivity index (χ0) is 25.1. The highest BCUT2D eigenvalue weighted by Crippen LogP contribution is 2.40. The predicted octanol–water partition coefficient (Wildman–Crippen LogP) is 5.27. The average Bonchev–Trinajstić information content (AvgIpc) is 3.12. The standard InChI is InChI=1S/C27H23BrFNO5/c1-34-21-12-3-16(15-22(21)35-2)13-14-30-24(17-4-8-19(28)9-5-17)23(26(32)27(30)33)25(31)18-6-10-20(29)11-7-18/h3-12,15,24,31H,13-14H2,1-2H3/t24-/m0/s1. The smallest absolute Gasteiger partial charge is 0.295 e. The molecular weight excluding hydrogens is 517 g/mol. The van der Waals surface area contributed by atoms with Crippen LogP contribution in [0, 0.1) is 5.82 Å². The van der Waals surface area contributed by atoms with Crippen LogP contribution in [-0.2, 0) is 16.0 Å². The molecule has 0 unspecified atom stereocenters. The first-order chi connectivity index (χ1) is 16.8. The Balaban J connectivity index is 1.73. The minimum absolute atomic E-state index is 0.0313. The number of carbonyl (C=O) groups is 2. The summed E-state index contributed by atoms with van der Waals surface area (Å²) < 4.78 is 24.9. The van der Waals surface area contributed by atoms with Crippen LogP contribution in [0.15, 0.2) is 76.8 Å². The van der Waals surface area contributed by atoms with E-state index in [-0.39, 0.29) is 23.4 Å². The average molecular weight is 540 g/mol. The first-order valence-electron chi connectivity index (χ1n) is 10.8. The van der Waals surface area contributed by atoms with Gasteiger partial charge in [0.25, 0.3) is 11.7 Å². The number of likely N-dealkylation sites (tertiary alicyclic amines) is 1. The number of amides is 1. The van der Waals surface area contributed by atoms with Gasteiger partial charge in [-0.25, -0.2) is 4.39 Å². The maximum absolute atomic E-state index is 13.4. The summed E-state index contributed by atoms with van der Waals surface area (Å²) in [6, 6.07) is 17.0. The van der Waals surface area contributed by atoms with Crippen molar-refractivity contribution in [3.63, 3.8) is 0 Å². The molecule has 4 rings (SSSR count). The van der Waals surface area contributed by atoms with E-state index in [4.69, 9.17) is 9.47 Å². The highest BCUT2D eigenvalue weighted by atomic mass is 79.9. The lowest BCUT2D eigenvalue weighted by Gasteiger charge is -2.25. The second-order valence-corrected chi connectivity index (χ2v) is 8.91. The van der Waals surface area contributed by atoms with Gasteiger partial charge in [0.15, 0.2) is 11.5 Å². The van der Waals surface area contributed by atoms with Gasteiger partial charge in [-0.2, -0.15) is 0 Å². The van der Waals surface area contributed by atoms with Crippen LogP contribution >= 0.6 is 15.9 Å². The van der Waals surface area contributed by atoms with Gasteiger partial charge >= 0.3 is 0 Å². The molecule has 0 spiro atoms. The summed E-state index contributed by atoms with van der Waals surface area (Å²) in [5.74, 6) is -1.15. The van der Waals surface area contributed by atoms with Crippen LogP contribution in [0.3, 0.4) is 0 Å². The number of ketones is 1. The van der Waals surface area contributed by atoms with E-state index in [1.807, 2.05) is 24.3 Å². The summed E-state index contributed by atoms with van der Waals surface area (Å²) in [6.07, 6.45) is 0.441. The highest BCUT2D eigenvalue weighted by Gasteiger charge is 2.45. The van der Waals surface area contributed by atoms with Crippen molar-refractivity contribution in [2.75, 3.05) is 20.8 Å². The zero-order valence-electron chi connectivity index (χ0n) is 19.1. The lowest BCUT2D eigenvalue weighted by molar-refractivity contribution is -0.139. The van der Waals surface area contributed by atoms with E-state index in [0.29, 0.717) is 23.5 Å². The monoisotopic (exact) mass is 539 g/mol. The summed E-state index contributed by atoms with van der Waals surface area (Å²) in [6.45, 7) is 0.223. The Morgan fingerprint density at radius 3 is 2.26 bits per heavy atom. The Morgan fingerprint density at radius 2 is 1.63 bits per heavy atom. The predicted molar refractivity (Wildman–Crippen MR) is 133 cm³/mol. The number of aliphatic hydroxyl groups is 1. The molecule has 8 heteroatoms. The summed E-state index contributed by atoms with van der Waals surface area (Å²) in [7, 11) is 3.10. The number of carbonyl (C=O) groups excluding carboxylic acids is 2. The summed E-state index contributed by atoms with van der Waals surface area (Å²) in [5.41, 5.74) is 1.78. The molecule has 1 heterocycles. The quantitative estimate of drug-likeness (QED) is 0.251. The van der Waals surface area contributed by atoms with E-state index in [9.17, 15) is 19.1 Å². The number of methoxy groups -OCH3 is 2. The molecule has 3 aromatic rings. The van der Waals surface area contributed by atoms with Crippen LogP contribution in [0.1, 0.15) is 22.7 Å². The van der Waals surface area contributed by atoms with E-state index < -0.39 is 23.5 Å². The number of ether oxygens (including phenoxy) is 2. The molecule has 0 aromatic heterocycles. The Kier molecular flexibility index (Phi) is 7.21. The van der Waals surface area contributed by atoms with E-state index in [2.05, 4.69) is 15.9 Å². The molecule has 1 atom stereocenters. The van der Waals surface area contributed by atoms with Gasteiger partial charge in [0.2, 0.25) is 0 Å². The molecule has 6 nitrogen and oxygen atoms in total. The Morgan fingerprint density at radius 1 is 0.971 bits per heavy atom. The van der Waals surface area contributed by atoms with Crippen molar-refractivity contribution >= 4 is 33.4 Å². The third-order valence-electron chi connectivity index (χ3n) is 5.93. The molecular formula is C27H23BrFNO5. The minimum atomic E-state index is -0.798. The number of halogens is 2. The summed E-state index contributed by atoms with van der Waals surface area (Å²) in [4.78, 5) is 27.7. The molecule has 0 saturated carbocycles. The van der Waals surface area contributed by atoms with Gasteiger partial charge in [0, 0.05) is 16.6 Å². The second-order valence-electron chi connectivity index (χ2n) is 7.99. The summed E-state index contributed by atoms with van der Waals surface area (Å²) in [5, 5.41) is 11.0. The van der Waals surface area contributed by atoms with Gasteiger partial charge in [-0.05, 0) is 66.1 Å². The number of nitrogens with zero attached hydrogens (tertiary/aromatic N) is 1. The Labute approximate surface area is 210 Å². The van der Waals surface area contributed by atoms with Gasteiger partial charge < -0.3 is 19.5 Å². The molecule has 1 N–H and O–H groups in total. The molecule has 1 amide bonds. The van der Waals surface area contributed by atoms with Gasteiger partial charge in [-0.3, -0.25) is 9.59 Å². The van der Waals surface area contributed by atoms with Crippen molar-refractivity contribution in [3.05, 3.63) is 99.3 Å². The van der Waals surface area contributed by atoms with Gasteiger partial charge in [0.1, 0.15) is 11.6 Å². The fourth-order valence-electron chi connectivity index (χ4n) is 4.15. The van der Waals surface area contributed by atoms with Gasteiger partial charge in [-0.15, -0.1) is 0 Å². The molecule has 0 bridgehead atoms. The highest BCUT2D eigenvalue weighted by molar-refractivity contribution is 9.10. The molecule has 1 fully saturated rings. The molecule has 180 valence electrons. The van der Waals surface area contributed by atoms with E-state index >= 15 is 0 Å². The normalized spacial score (nSPS) is 17.0. The molecule has 1 saturated heterocycles. The molecule has 1 aliphatic heterocycles. The van der Waals surface area contributed by atoms with Crippen molar-refractivity contribution in [3.8, 4) is 11.5 Å². The summed E-state index contributed by atoms with van der Waals surface area (Å²) >= 11 is 3.40. The first kappa shape index (κ1) is 24.5. The SMILES string of the molecule is COc1ccc(CCN2C(=O)C(=O)C(=C(O)c3ccc(F)cc3)[C@@H]2c2ccc(Br)cc2)cc1OC. The topological polar surface area (TPSA) is 76.1 Å². The Hall–Kier alpha value is -3.65. The van der Waals surface area contributed by atoms with Gasteiger partial charge in [0.05, 0.1) is 25.8 Å². The largest absolute Gasteiger partial charge is 0.507 e. The van der Waals surface area contributed by atoms with Crippen molar-refractivity contribution in [1.82, 2.24) is 4.90 Å². The zero-order valence-corrected chi connectivity index (χ0v) is 20.7. The fraction of sp³-hybridized carbons (Fsp3) is 0.185. The Bertz CT molecular complexity index is 1290. The van der Waals surface area contributed by atoms with E-state index in [0.717, 1.165) is 10.0 Å². The van der Waals surface area contributed by atoms with Crippen molar-refractivity contribution in [2.45, 2.75) is 12.5 Å². The number of hydrogen-bond donors (Lipinski definition) is 1. The molecule has 35 heavy (non-hydrogen) atoms. The number of benzene rings is 3. The van der Waals surface area contributed by atoms with Crippen molar-refractivity contribution < 1.29 is 28.6 Å².